The second kappa shape index (κ2) is 4.27. The van der Waals surface area contributed by atoms with E-state index >= 15 is 0 Å². The van der Waals surface area contributed by atoms with Gasteiger partial charge in [0.1, 0.15) is 0 Å². The number of hydrogen-bond donors (Lipinski definition) is 2. The highest BCUT2D eigenvalue weighted by Gasteiger charge is 2.25. The van der Waals surface area contributed by atoms with Gasteiger partial charge in [-0.3, -0.25) is 4.98 Å². The number of nitrogens with zero attached hydrogens (tertiary/aromatic N) is 1. The van der Waals surface area contributed by atoms with Crippen LogP contribution in [0.3, 0.4) is 0 Å². The van der Waals surface area contributed by atoms with Gasteiger partial charge in [0, 0.05) is 28.1 Å². The summed E-state index contributed by atoms with van der Waals surface area (Å²) in [6, 6.07) is 9.15. The van der Waals surface area contributed by atoms with Crippen LogP contribution in [0, 0.1) is 0 Å². The lowest BCUT2D eigenvalue weighted by Crippen LogP contribution is -2.44. The molecule has 0 atom stereocenters. The molecule has 0 saturated heterocycles. The predicted molar refractivity (Wildman–Crippen MR) is 74.1 cm³/mol. The van der Waals surface area contributed by atoms with Gasteiger partial charge in [-0.25, -0.2) is 0 Å². The molecule has 1 aliphatic carbocycles. The maximum atomic E-state index is 5.79. The first kappa shape index (κ1) is 11.0. The Hall–Kier alpha value is -1.13. The van der Waals surface area contributed by atoms with E-state index in [9.17, 15) is 0 Å². The van der Waals surface area contributed by atoms with Crippen LogP contribution >= 0.6 is 15.9 Å². The third-order valence-electron chi connectivity index (χ3n) is 3.21. The van der Waals surface area contributed by atoms with Crippen molar-refractivity contribution in [2.75, 3.05) is 5.32 Å². The first-order chi connectivity index (χ1) is 8.22. The van der Waals surface area contributed by atoms with Crippen molar-refractivity contribution in [2.45, 2.75) is 24.9 Å². The average Bonchev–Trinajstić information content (AvgIpc) is 2.27. The molecule has 1 aromatic heterocycles. The molecular formula is C13H14BrN3. The van der Waals surface area contributed by atoms with E-state index in [2.05, 4.69) is 50.5 Å². The fourth-order valence-corrected chi connectivity index (χ4v) is 2.60. The van der Waals surface area contributed by atoms with Crippen LogP contribution in [0.15, 0.2) is 34.9 Å². The first-order valence-corrected chi connectivity index (χ1v) is 6.58. The van der Waals surface area contributed by atoms with Gasteiger partial charge in [-0.1, -0.05) is 12.1 Å². The largest absolute Gasteiger partial charge is 0.380 e. The van der Waals surface area contributed by atoms with Crippen molar-refractivity contribution in [2.24, 2.45) is 5.73 Å². The first-order valence-electron chi connectivity index (χ1n) is 5.79. The SMILES string of the molecule is NC1CC(Nc2cccc3cc(Br)cnc23)C1. The van der Waals surface area contributed by atoms with Crippen LogP contribution in [0.1, 0.15) is 12.8 Å². The summed E-state index contributed by atoms with van der Waals surface area (Å²) in [5.41, 5.74) is 7.92. The number of anilines is 1. The summed E-state index contributed by atoms with van der Waals surface area (Å²) in [5, 5.41) is 4.66. The predicted octanol–water partition coefficient (Wildman–Crippen LogP) is 2.90. The van der Waals surface area contributed by atoms with Crippen molar-refractivity contribution in [3.05, 3.63) is 34.9 Å². The molecular weight excluding hydrogens is 278 g/mol. The van der Waals surface area contributed by atoms with Gasteiger partial charge in [0.15, 0.2) is 0 Å². The Kier molecular flexibility index (Phi) is 2.76. The molecule has 17 heavy (non-hydrogen) atoms. The number of fused-ring (bicyclic) bond motifs is 1. The average molecular weight is 292 g/mol. The van der Waals surface area contributed by atoms with Crippen LogP contribution in [0.2, 0.25) is 0 Å². The summed E-state index contributed by atoms with van der Waals surface area (Å²) in [6.45, 7) is 0. The number of nitrogens with one attached hydrogen (secondary N) is 1. The molecule has 3 nitrogen and oxygen atoms in total. The quantitative estimate of drug-likeness (QED) is 0.895. The van der Waals surface area contributed by atoms with E-state index in [0.717, 1.165) is 33.9 Å². The lowest BCUT2D eigenvalue weighted by molar-refractivity contribution is 0.374. The van der Waals surface area contributed by atoms with Crippen LogP contribution in [-0.4, -0.2) is 17.1 Å². The maximum Gasteiger partial charge on any atom is 0.0934 e. The molecule has 0 radical (unpaired) electrons. The zero-order valence-corrected chi connectivity index (χ0v) is 10.9. The topological polar surface area (TPSA) is 50.9 Å². The minimum Gasteiger partial charge on any atom is -0.380 e. The molecule has 1 heterocycles. The highest BCUT2D eigenvalue weighted by Crippen LogP contribution is 2.28. The van der Waals surface area contributed by atoms with Gasteiger partial charge in [0.05, 0.1) is 11.2 Å². The fraction of sp³-hybridized carbons (Fsp3) is 0.308. The summed E-state index contributed by atoms with van der Waals surface area (Å²) in [4.78, 5) is 4.47. The van der Waals surface area contributed by atoms with Crippen molar-refractivity contribution >= 4 is 32.5 Å². The van der Waals surface area contributed by atoms with Gasteiger partial charge in [-0.15, -0.1) is 0 Å². The van der Waals surface area contributed by atoms with Gasteiger partial charge in [-0.2, -0.15) is 0 Å². The number of hydrogen-bond acceptors (Lipinski definition) is 3. The molecule has 1 aromatic carbocycles. The molecule has 1 aliphatic rings. The number of pyridine rings is 1. The second-order valence-corrected chi connectivity index (χ2v) is 5.52. The minimum atomic E-state index is 0.365. The van der Waals surface area contributed by atoms with Gasteiger partial charge < -0.3 is 11.1 Å². The molecule has 88 valence electrons. The molecule has 1 saturated carbocycles. The molecule has 2 aromatic rings. The standard InChI is InChI=1S/C13H14BrN3/c14-9-4-8-2-1-3-12(13(8)16-7-9)17-11-5-10(15)6-11/h1-4,7,10-11,17H,5-6,15H2. The monoisotopic (exact) mass is 291 g/mol. The molecule has 0 bridgehead atoms. The molecule has 0 amide bonds. The van der Waals surface area contributed by atoms with E-state index in [0.29, 0.717) is 12.1 Å². The van der Waals surface area contributed by atoms with Crippen LogP contribution in [0.4, 0.5) is 5.69 Å². The van der Waals surface area contributed by atoms with Gasteiger partial charge in [-0.05, 0) is 40.9 Å². The van der Waals surface area contributed by atoms with Crippen LogP contribution in [0.25, 0.3) is 10.9 Å². The molecule has 0 unspecified atom stereocenters. The Bertz CT molecular complexity index is 549. The third kappa shape index (κ3) is 2.15. The van der Waals surface area contributed by atoms with Gasteiger partial charge in [0.25, 0.3) is 0 Å². The molecule has 4 heteroatoms. The number of rotatable bonds is 2. The van der Waals surface area contributed by atoms with Crippen molar-refractivity contribution in [1.82, 2.24) is 4.98 Å². The van der Waals surface area contributed by atoms with Crippen LogP contribution in [0.5, 0.6) is 0 Å². The number of benzene rings is 1. The molecule has 1 fully saturated rings. The Labute approximate surface area is 109 Å². The summed E-state index contributed by atoms with van der Waals surface area (Å²) in [5.74, 6) is 0. The Morgan fingerprint density at radius 2 is 2.18 bits per heavy atom. The normalized spacial score (nSPS) is 23.4. The lowest BCUT2D eigenvalue weighted by atomic mass is 9.87. The van der Waals surface area contributed by atoms with Gasteiger partial charge >= 0.3 is 0 Å². The molecule has 0 spiro atoms. The highest BCUT2D eigenvalue weighted by molar-refractivity contribution is 9.10. The molecule has 3 rings (SSSR count). The van der Waals surface area contributed by atoms with E-state index in [1.54, 1.807) is 0 Å². The summed E-state index contributed by atoms with van der Waals surface area (Å²) in [7, 11) is 0. The summed E-state index contributed by atoms with van der Waals surface area (Å²) >= 11 is 3.44. The zero-order valence-electron chi connectivity index (χ0n) is 9.36. The summed E-state index contributed by atoms with van der Waals surface area (Å²) < 4.78 is 1.01. The number of aromatic nitrogens is 1. The van der Waals surface area contributed by atoms with E-state index in [4.69, 9.17) is 5.73 Å². The fourth-order valence-electron chi connectivity index (χ4n) is 2.25. The Morgan fingerprint density at radius 1 is 1.35 bits per heavy atom. The summed E-state index contributed by atoms with van der Waals surface area (Å²) in [6.07, 6.45) is 3.93. The molecule has 3 N–H and O–H groups in total. The highest BCUT2D eigenvalue weighted by atomic mass is 79.9. The number of nitrogens with two attached hydrogens (primary N) is 1. The van der Waals surface area contributed by atoms with Crippen molar-refractivity contribution in [3.63, 3.8) is 0 Å². The van der Waals surface area contributed by atoms with Gasteiger partial charge in [0.2, 0.25) is 0 Å². The van der Waals surface area contributed by atoms with Crippen LogP contribution < -0.4 is 11.1 Å². The van der Waals surface area contributed by atoms with Crippen molar-refractivity contribution in [1.29, 1.82) is 0 Å². The minimum absolute atomic E-state index is 0.365. The Balaban J connectivity index is 1.93. The Morgan fingerprint density at radius 3 is 2.94 bits per heavy atom. The molecule has 0 aliphatic heterocycles. The van der Waals surface area contributed by atoms with E-state index in [-0.39, 0.29) is 0 Å². The van der Waals surface area contributed by atoms with E-state index < -0.39 is 0 Å². The van der Waals surface area contributed by atoms with E-state index in [1.807, 2.05) is 6.20 Å². The second-order valence-electron chi connectivity index (χ2n) is 4.60. The zero-order chi connectivity index (χ0) is 11.8. The van der Waals surface area contributed by atoms with Crippen LogP contribution in [-0.2, 0) is 0 Å². The van der Waals surface area contributed by atoms with Crippen molar-refractivity contribution in [3.8, 4) is 0 Å². The van der Waals surface area contributed by atoms with Crippen molar-refractivity contribution < 1.29 is 0 Å². The number of para-hydroxylation sites is 1. The lowest BCUT2D eigenvalue weighted by Gasteiger charge is -2.34. The third-order valence-corrected chi connectivity index (χ3v) is 3.65. The van der Waals surface area contributed by atoms with E-state index in [1.165, 1.54) is 0 Å². The number of halogens is 1. The maximum absolute atomic E-state index is 5.79. The smallest absolute Gasteiger partial charge is 0.0934 e.